The van der Waals surface area contributed by atoms with Crippen LogP contribution in [0.4, 0.5) is 4.79 Å². The minimum absolute atomic E-state index is 0.0355. The van der Waals surface area contributed by atoms with Gasteiger partial charge in [-0.25, -0.2) is 4.79 Å². The Kier molecular flexibility index (Phi) is 7.41. The summed E-state index contributed by atoms with van der Waals surface area (Å²) >= 11 is 0. The van der Waals surface area contributed by atoms with Crippen LogP contribution in [0.25, 0.3) is 0 Å². The molecule has 0 saturated heterocycles. The minimum Gasteiger partial charge on any atom is -0.483 e. The Labute approximate surface area is 169 Å². The molecule has 2 N–H and O–H groups in total. The van der Waals surface area contributed by atoms with E-state index in [1.807, 2.05) is 30.3 Å². The SMILES string of the molecule is CN(CCNC(=O)c1[nH]ccc(=O)c1OCc1ccccc1)C(=O)OC(C)(C)C. The van der Waals surface area contributed by atoms with E-state index >= 15 is 0 Å². The van der Waals surface area contributed by atoms with Crippen molar-refractivity contribution in [2.45, 2.75) is 33.0 Å². The molecule has 1 aromatic carbocycles. The largest absolute Gasteiger partial charge is 0.483 e. The molecular formula is C21H27N3O5. The molecule has 0 radical (unpaired) electrons. The van der Waals surface area contributed by atoms with Gasteiger partial charge < -0.3 is 24.7 Å². The van der Waals surface area contributed by atoms with E-state index in [2.05, 4.69) is 10.3 Å². The first-order valence-electron chi connectivity index (χ1n) is 9.28. The topological polar surface area (TPSA) is 101 Å². The number of rotatable bonds is 7. The lowest BCUT2D eigenvalue weighted by molar-refractivity contribution is 0.0299. The van der Waals surface area contributed by atoms with Gasteiger partial charge in [-0.1, -0.05) is 30.3 Å². The lowest BCUT2D eigenvalue weighted by atomic mass is 10.2. The number of ether oxygens (including phenoxy) is 2. The van der Waals surface area contributed by atoms with E-state index in [4.69, 9.17) is 9.47 Å². The molecule has 156 valence electrons. The Bertz CT molecular complexity index is 887. The molecule has 29 heavy (non-hydrogen) atoms. The zero-order chi connectivity index (χ0) is 21.4. The minimum atomic E-state index is -0.594. The molecule has 0 bridgehead atoms. The van der Waals surface area contributed by atoms with Gasteiger partial charge in [0.05, 0.1) is 0 Å². The summed E-state index contributed by atoms with van der Waals surface area (Å²) in [5, 5.41) is 2.67. The number of nitrogens with zero attached hydrogens (tertiary/aromatic N) is 1. The second-order valence-electron chi connectivity index (χ2n) is 7.48. The van der Waals surface area contributed by atoms with Gasteiger partial charge in [-0.05, 0) is 26.3 Å². The second-order valence-corrected chi connectivity index (χ2v) is 7.48. The first-order valence-corrected chi connectivity index (χ1v) is 9.28. The summed E-state index contributed by atoms with van der Waals surface area (Å²) in [5.41, 5.74) is -0.0755. The van der Waals surface area contributed by atoms with Gasteiger partial charge in [0, 0.05) is 32.4 Å². The maximum Gasteiger partial charge on any atom is 0.410 e. The molecule has 0 fully saturated rings. The maximum absolute atomic E-state index is 12.5. The summed E-state index contributed by atoms with van der Waals surface area (Å²) in [6.45, 7) is 5.94. The summed E-state index contributed by atoms with van der Waals surface area (Å²) in [6, 6.07) is 10.6. The molecule has 0 aliphatic rings. The quantitative estimate of drug-likeness (QED) is 0.743. The van der Waals surface area contributed by atoms with Gasteiger partial charge in [0.25, 0.3) is 5.91 Å². The van der Waals surface area contributed by atoms with Crippen LogP contribution in [0.15, 0.2) is 47.4 Å². The Balaban J connectivity index is 1.96. The van der Waals surface area contributed by atoms with Gasteiger partial charge in [-0.2, -0.15) is 0 Å². The van der Waals surface area contributed by atoms with Crippen LogP contribution in [0, 0.1) is 0 Å². The normalized spacial score (nSPS) is 10.9. The summed E-state index contributed by atoms with van der Waals surface area (Å²) in [5.74, 6) is -0.544. The third-order valence-corrected chi connectivity index (χ3v) is 3.80. The van der Waals surface area contributed by atoms with E-state index in [1.165, 1.54) is 17.2 Å². The van der Waals surface area contributed by atoms with Crippen LogP contribution in [0.5, 0.6) is 5.75 Å². The third-order valence-electron chi connectivity index (χ3n) is 3.80. The fourth-order valence-corrected chi connectivity index (χ4v) is 2.36. The molecule has 1 heterocycles. The predicted molar refractivity (Wildman–Crippen MR) is 109 cm³/mol. The highest BCUT2D eigenvalue weighted by Crippen LogP contribution is 2.13. The Hall–Kier alpha value is -3.29. The number of likely N-dealkylation sites (N-methyl/N-ethyl adjacent to an activating group) is 1. The number of H-pyrrole nitrogens is 1. The van der Waals surface area contributed by atoms with E-state index in [0.29, 0.717) is 0 Å². The van der Waals surface area contributed by atoms with Crippen LogP contribution in [0.3, 0.4) is 0 Å². The molecule has 0 aliphatic carbocycles. The van der Waals surface area contributed by atoms with E-state index in [0.717, 1.165) is 5.56 Å². The Morgan fingerprint density at radius 1 is 1.14 bits per heavy atom. The van der Waals surface area contributed by atoms with Crippen LogP contribution in [-0.4, -0.2) is 47.6 Å². The lowest BCUT2D eigenvalue weighted by Gasteiger charge is -2.24. The molecule has 2 rings (SSSR count). The zero-order valence-corrected chi connectivity index (χ0v) is 17.2. The zero-order valence-electron chi connectivity index (χ0n) is 17.2. The predicted octanol–water partition coefficient (Wildman–Crippen LogP) is 2.55. The van der Waals surface area contributed by atoms with E-state index in [9.17, 15) is 14.4 Å². The molecule has 0 atom stereocenters. The Morgan fingerprint density at radius 3 is 2.48 bits per heavy atom. The van der Waals surface area contributed by atoms with Gasteiger partial charge in [-0.15, -0.1) is 0 Å². The van der Waals surface area contributed by atoms with E-state index < -0.39 is 23.0 Å². The highest BCUT2D eigenvalue weighted by atomic mass is 16.6. The van der Waals surface area contributed by atoms with E-state index in [1.54, 1.807) is 27.8 Å². The smallest absolute Gasteiger partial charge is 0.410 e. The molecule has 8 nitrogen and oxygen atoms in total. The standard InChI is InChI=1S/C21H27N3O5/c1-21(2,3)29-20(27)24(4)13-12-23-19(26)17-18(16(25)10-11-22-17)28-14-15-8-6-5-7-9-15/h5-11H,12-14H2,1-4H3,(H,22,25)(H,23,26). The maximum atomic E-state index is 12.5. The van der Waals surface area contributed by atoms with Crippen molar-refractivity contribution >= 4 is 12.0 Å². The van der Waals surface area contributed by atoms with Crippen molar-refractivity contribution in [3.8, 4) is 5.75 Å². The molecule has 1 aromatic heterocycles. The molecule has 0 aliphatic heterocycles. The number of carbonyl (C=O) groups excluding carboxylic acids is 2. The molecule has 0 unspecified atom stereocenters. The van der Waals surface area contributed by atoms with Crippen molar-refractivity contribution in [2.75, 3.05) is 20.1 Å². The van der Waals surface area contributed by atoms with Gasteiger partial charge >= 0.3 is 6.09 Å². The van der Waals surface area contributed by atoms with Crippen LogP contribution in [-0.2, 0) is 11.3 Å². The number of benzene rings is 1. The molecular weight excluding hydrogens is 374 g/mol. The van der Waals surface area contributed by atoms with Crippen molar-refractivity contribution in [2.24, 2.45) is 0 Å². The number of amides is 2. The number of pyridine rings is 1. The number of carbonyl (C=O) groups is 2. The number of hydrogen-bond donors (Lipinski definition) is 2. The fourth-order valence-electron chi connectivity index (χ4n) is 2.36. The number of aromatic nitrogens is 1. The van der Waals surface area contributed by atoms with Crippen LogP contribution < -0.4 is 15.5 Å². The van der Waals surface area contributed by atoms with Crippen molar-refractivity contribution < 1.29 is 19.1 Å². The van der Waals surface area contributed by atoms with Gasteiger partial charge in [-0.3, -0.25) is 9.59 Å². The summed E-state index contributed by atoms with van der Waals surface area (Å²) < 4.78 is 10.9. The average molecular weight is 401 g/mol. The first-order chi connectivity index (χ1) is 13.7. The lowest BCUT2D eigenvalue weighted by Crippen LogP contribution is -2.39. The highest BCUT2D eigenvalue weighted by molar-refractivity contribution is 5.94. The number of nitrogens with one attached hydrogen (secondary N) is 2. The molecule has 0 saturated carbocycles. The van der Waals surface area contributed by atoms with Crippen molar-refractivity contribution in [1.29, 1.82) is 0 Å². The third kappa shape index (κ3) is 6.99. The molecule has 2 aromatic rings. The summed E-state index contributed by atoms with van der Waals surface area (Å²) in [7, 11) is 1.58. The van der Waals surface area contributed by atoms with Crippen LogP contribution in [0.1, 0.15) is 36.8 Å². The van der Waals surface area contributed by atoms with Crippen LogP contribution in [0.2, 0.25) is 0 Å². The fraction of sp³-hybridized carbons (Fsp3) is 0.381. The van der Waals surface area contributed by atoms with Gasteiger partial charge in [0.15, 0.2) is 11.4 Å². The van der Waals surface area contributed by atoms with Gasteiger partial charge in [0.2, 0.25) is 5.43 Å². The first kappa shape index (κ1) is 22.0. The molecule has 8 heteroatoms. The molecule has 0 spiro atoms. The van der Waals surface area contributed by atoms with E-state index in [-0.39, 0.29) is 31.1 Å². The van der Waals surface area contributed by atoms with Crippen molar-refractivity contribution in [1.82, 2.24) is 15.2 Å². The van der Waals surface area contributed by atoms with Gasteiger partial charge in [0.1, 0.15) is 12.2 Å². The number of aromatic amines is 1. The average Bonchev–Trinajstić information content (AvgIpc) is 2.66. The summed E-state index contributed by atoms with van der Waals surface area (Å²) in [4.78, 5) is 40.8. The van der Waals surface area contributed by atoms with Crippen LogP contribution >= 0.6 is 0 Å². The van der Waals surface area contributed by atoms with Crippen molar-refractivity contribution in [3.63, 3.8) is 0 Å². The molecule has 2 amide bonds. The number of hydrogen-bond acceptors (Lipinski definition) is 5. The monoisotopic (exact) mass is 401 g/mol. The summed E-state index contributed by atoms with van der Waals surface area (Å²) in [6.07, 6.45) is 0.908. The Morgan fingerprint density at radius 2 is 1.83 bits per heavy atom. The highest BCUT2D eigenvalue weighted by Gasteiger charge is 2.20. The van der Waals surface area contributed by atoms with Crippen molar-refractivity contribution in [3.05, 3.63) is 64.1 Å². The second kappa shape index (κ2) is 9.77.